The maximum absolute atomic E-state index is 12.7. The van der Waals surface area contributed by atoms with Gasteiger partial charge in [0.2, 0.25) is 5.95 Å². The molecule has 4 heterocycles. The van der Waals surface area contributed by atoms with Crippen LogP contribution in [-0.4, -0.2) is 83.2 Å². The second-order valence-electron chi connectivity index (χ2n) is 6.19. The number of carbonyl (C=O) groups excluding carboxylic acids is 1. The lowest BCUT2D eigenvalue weighted by molar-refractivity contribution is 0.0739. The highest BCUT2D eigenvalue weighted by Gasteiger charge is 2.24. The summed E-state index contributed by atoms with van der Waals surface area (Å²) in [7, 11) is 0. The highest BCUT2D eigenvalue weighted by Crippen LogP contribution is 2.14. The highest BCUT2D eigenvalue weighted by molar-refractivity contribution is 5.92. The van der Waals surface area contributed by atoms with Gasteiger partial charge in [0.1, 0.15) is 11.5 Å². The third-order valence-corrected chi connectivity index (χ3v) is 4.59. The van der Waals surface area contributed by atoms with Gasteiger partial charge in [0.05, 0.1) is 25.6 Å². The molecule has 26 heavy (non-hydrogen) atoms. The SMILES string of the molecule is O=C(c1cnc(N2CCOCC2)cn1)N1CCN(c2ncccn2)CC1. The summed E-state index contributed by atoms with van der Waals surface area (Å²) in [5.41, 5.74) is 0.381. The third-order valence-electron chi connectivity index (χ3n) is 4.59. The number of aromatic nitrogens is 4. The predicted molar refractivity (Wildman–Crippen MR) is 95.2 cm³/mol. The van der Waals surface area contributed by atoms with E-state index >= 15 is 0 Å². The quantitative estimate of drug-likeness (QED) is 0.764. The number of hydrogen-bond donors (Lipinski definition) is 0. The zero-order valence-electron chi connectivity index (χ0n) is 14.5. The first-order valence-electron chi connectivity index (χ1n) is 8.77. The van der Waals surface area contributed by atoms with E-state index in [0.29, 0.717) is 51.0 Å². The van der Waals surface area contributed by atoms with Crippen molar-refractivity contribution in [1.82, 2.24) is 24.8 Å². The molecular formula is C17H21N7O2. The number of hydrogen-bond acceptors (Lipinski definition) is 8. The van der Waals surface area contributed by atoms with Crippen LogP contribution in [0.15, 0.2) is 30.9 Å². The molecule has 9 nitrogen and oxygen atoms in total. The lowest BCUT2D eigenvalue weighted by Gasteiger charge is -2.34. The average Bonchev–Trinajstić information content (AvgIpc) is 2.75. The number of nitrogens with zero attached hydrogens (tertiary/aromatic N) is 7. The minimum atomic E-state index is -0.0837. The molecule has 0 atom stereocenters. The molecule has 0 bridgehead atoms. The van der Waals surface area contributed by atoms with Gasteiger partial charge in [0.25, 0.3) is 5.91 Å². The van der Waals surface area contributed by atoms with Crippen molar-refractivity contribution >= 4 is 17.7 Å². The van der Waals surface area contributed by atoms with Crippen molar-refractivity contribution in [3.63, 3.8) is 0 Å². The first-order chi connectivity index (χ1) is 12.8. The molecule has 2 aromatic rings. The van der Waals surface area contributed by atoms with Gasteiger partial charge in [-0.1, -0.05) is 0 Å². The Balaban J connectivity index is 1.36. The Labute approximate surface area is 151 Å². The highest BCUT2D eigenvalue weighted by atomic mass is 16.5. The molecule has 2 fully saturated rings. The van der Waals surface area contributed by atoms with E-state index in [2.05, 4.69) is 29.7 Å². The van der Waals surface area contributed by atoms with E-state index in [0.717, 1.165) is 18.9 Å². The van der Waals surface area contributed by atoms with Crippen LogP contribution < -0.4 is 9.80 Å². The summed E-state index contributed by atoms with van der Waals surface area (Å²) in [6, 6.07) is 1.79. The fourth-order valence-corrected chi connectivity index (χ4v) is 3.11. The summed E-state index contributed by atoms with van der Waals surface area (Å²) in [5.74, 6) is 1.41. The first kappa shape index (κ1) is 16.6. The molecule has 0 N–H and O–H groups in total. The van der Waals surface area contributed by atoms with Crippen molar-refractivity contribution in [3.8, 4) is 0 Å². The summed E-state index contributed by atoms with van der Waals surface area (Å²) >= 11 is 0. The summed E-state index contributed by atoms with van der Waals surface area (Å²) in [5, 5.41) is 0. The Hall–Kier alpha value is -2.81. The number of morpholine rings is 1. The zero-order chi connectivity index (χ0) is 17.8. The minimum absolute atomic E-state index is 0.0837. The van der Waals surface area contributed by atoms with Crippen molar-refractivity contribution in [3.05, 3.63) is 36.5 Å². The van der Waals surface area contributed by atoms with Gasteiger partial charge in [-0.2, -0.15) is 0 Å². The molecule has 0 aromatic carbocycles. The van der Waals surface area contributed by atoms with Gasteiger partial charge in [0.15, 0.2) is 0 Å². The molecule has 2 aromatic heterocycles. The molecular weight excluding hydrogens is 334 g/mol. The summed E-state index contributed by atoms with van der Waals surface area (Å²) in [6.07, 6.45) is 6.70. The van der Waals surface area contributed by atoms with E-state index in [4.69, 9.17) is 4.74 Å². The number of ether oxygens (including phenoxy) is 1. The molecule has 0 saturated carbocycles. The first-order valence-corrected chi connectivity index (χ1v) is 8.77. The predicted octanol–water partition coefficient (Wildman–Crippen LogP) is 0.0656. The Morgan fingerprint density at radius 1 is 0.846 bits per heavy atom. The molecule has 0 aliphatic carbocycles. The number of rotatable bonds is 3. The number of carbonyl (C=O) groups is 1. The summed E-state index contributed by atoms with van der Waals surface area (Å²) in [4.78, 5) is 35.9. The molecule has 9 heteroatoms. The van der Waals surface area contributed by atoms with Crippen molar-refractivity contribution in [1.29, 1.82) is 0 Å². The minimum Gasteiger partial charge on any atom is -0.378 e. The second kappa shape index (κ2) is 7.61. The molecule has 0 radical (unpaired) electrons. The molecule has 2 aliphatic rings. The van der Waals surface area contributed by atoms with E-state index in [1.165, 1.54) is 0 Å². The molecule has 4 rings (SSSR count). The fraction of sp³-hybridized carbons (Fsp3) is 0.471. The van der Waals surface area contributed by atoms with Crippen LogP contribution in [0.1, 0.15) is 10.5 Å². The van der Waals surface area contributed by atoms with Crippen LogP contribution in [0.4, 0.5) is 11.8 Å². The second-order valence-corrected chi connectivity index (χ2v) is 6.19. The molecule has 2 saturated heterocycles. The van der Waals surface area contributed by atoms with E-state index in [-0.39, 0.29) is 5.91 Å². The monoisotopic (exact) mass is 355 g/mol. The van der Waals surface area contributed by atoms with Crippen molar-refractivity contribution in [2.45, 2.75) is 0 Å². The normalized spacial score (nSPS) is 18.1. The topological polar surface area (TPSA) is 87.6 Å². The Kier molecular flexibility index (Phi) is 4.87. The van der Waals surface area contributed by atoms with Crippen LogP contribution in [0.5, 0.6) is 0 Å². The van der Waals surface area contributed by atoms with Crippen LogP contribution in [0.2, 0.25) is 0 Å². The zero-order valence-corrected chi connectivity index (χ0v) is 14.5. The van der Waals surface area contributed by atoms with Crippen LogP contribution >= 0.6 is 0 Å². The van der Waals surface area contributed by atoms with Crippen molar-refractivity contribution < 1.29 is 9.53 Å². The largest absolute Gasteiger partial charge is 0.378 e. The van der Waals surface area contributed by atoms with Gasteiger partial charge in [-0.05, 0) is 6.07 Å². The summed E-state index contributed by atoms with van der Waals surface area (Å²) in [6.45, 7) is 5.62. The van der Waals surface area contributed by atoms with Crippen LogP contribution in [-0.2, 0) is 4.74 Å². The van der Waals surface area contributed by atoms with Crippen LogP contribution in [0, 0.1) is 0 Å². The van der Waals surface area contributed by atoms with Gasteiger partial charge in [-0.3, -0.25) is 4.79 Å². The van der Waals surface area contributed by atoms with Gasteiger partial charge < -0.3 is 19.4 Å². The van der Waals surface area contributed by atoms with Gasteiger partial charge in [-0.25, -0.2) is 19.9 Å². The number of amides is 1. The van der Waals surface area contributed by atoms with Gasteiger partial charge >= 0.3 is 0 Å². The fourth-order valence-electron chi connectivity index (χ4n) is 3.11. The number of anilines is 2. The lowest BCUT2D eigenvalue weighted by Crippen LogP contribution is -2.49. The Morgan fingerprint density at radius 3 is 2.23 bits per heavy atom. The van der Waals surface area contributed by atoms with E-state index in [1.54, 1.807) is 35.8 Å². The Bertz CT molecular complexity index is 727. The number of piperazine rings is 1. The maximum atomic E-state index is 12.7. The maximum Gasteiger partial charge on any atom is 0.274 e. The average molecular weight is 355 g/mol. The summed E-state index contributed by atoms with van der Waals surface area (Å²) < 4.78 is 5.34. The van der Waals surface area contributed by atoms with Crippen molar-refractivity contribution in [2.24, 2.45) is 0 Å². The van der Waals surface area contributed by atoms with Crippen LogP contribution in [0.3, 0.4) is 0 Å². The van der Waals surface area contributed by atoms with E-state index in [1.807, 2.05) is 0 Å². The van der Waals surface area contributed by atoms with Gasteiger partial charge in [-0.15, -0.1) is 0 Å². The molecule has 0 unspecified atom stereocenters. The van der Waals surface area contributed by atoms with Crippen LogP contribution in [0.25, 0.3) is 0 Å². The lowest BCUT2D eigenvalue weighted by atomic mass is 10.3. The smallest absolute Gasteiger partial charge is 0.274 e. The van der Waals surface area contributed by atoms with Gasteiger partial charge in [0, 0.05) is 51.7 Å². The van der Waals surface area contributed by atoms with E-state index in [9.17, 15) is 4.79 Å². The van der Waals surface area contributed by atoms with Crippen molar-refractivity contribution in [2.75, 3.05) is 62.3 Å². The molecule has 0 spiro atoms. The molecule has 136 valence electrons. The molecule has 2 aliphatic heterocycles. The standard InChI is InChI=1S/C17H21N7O2/c25-16(14-12-21-15(13-20-14)22-8-10-26-11-9-22)23-4-6-24(7-5-23)17-18-2-1-3-19-17/h1-3,12-13H,4-11H2. The van der Waals surface area contributed by atoms with E-state index < -0.39 is 0 Å². The third kappa shape index (κ3) is 3.57. The molecule has 1 amide bonds. The Morgan fingerprint density at radius 2 is 1.58 bits per heavy atom.